The number of ether oxygens (including phenoxy) is 2. The summed E-state index contributed by atoms with van der Waals surface area (Å²) in [6.45, 7) is 6.05. The fourth-order valence-corrected chi connectivity index (χ4v) is 2.86. The van der Waals surface area contributed by atoms with Crippen molar-refractivity contribution in [2.24, 2.45) is 16.6 Å². The van der Waals surface area contributed by atoms with Gasteiger partial charge in [0.2, 0.25) is 0 Å². The molecule has 7 heteroatoms. The van der Waals surface area contributed by atoms with Crippen LogP contribution < -0.4 is 15.8 Å². The van der Waals surface area contributed by atoms with Gasteiger partial charge in [-0.05, 0) is 31.0 Å². The lowest BCUT2D eigenvalue weighted by Crippen LogP contribution is -2.39. The molecule has 1 fully saturated rings. The second-order valence-corrected chi connectivity index (χ2v) is 6.06. The van der Waals surface area contributed by atoms with Crippen LogP contribution in [0, 0.1) is 5.92 Å². The lowest BCUT2D eigenvalue weighted by Gasteiger charge is -2.22. The Bertz CT molecular complexity index is 591. The third-order valence-corrected chi connectivity index (χ3v) is 4.09. The number of nitrogens with zero attached hydrogens (tertiary/aromatic N) is 2. The van der Waals surface area contributed by atoms with Gasteiger partial charge in [-0.1, -0.05) is 12.1 Å². The molecule has 0 aromatic heterocycles. The summed E-state index contributed by atoms with van der Waals surface area (Å²) in [5, 5.41) is 3.38. The summed E-state index contributed by atoms with van der Waals surface area (Å²) >= 11 is 0. The summed E-state index contributed by atoms with van der Waals surface area (Å²) in [6, 6.07) is 7.59. The Kier molecular flexibility index (Phi) is 7.53. The van der Waals surface area contributed by atoms with Crippen LogP contribution in [0.25, 0.3) is 0 Å². The number of hydrogen-bond donors (Lipinski definition) is 2. The number of guanidine groups is 1. The Morgan fingerprint density at radius 3 is 3.04 bits per heavy atom. The number of nitrogens with two attached hydrogens (primary N) is 1. The molecule has 3 N–H and O–H groups in total. The topological polar surface area (TPSA) is 89.2 Å². The molecule has 1 heterocycles. The standard InChI is InChI=1S/C18H28N4O3/c1-3-24-12-15-7-8-22(11-15)18(20-2)21-10-14-5-4-6-16(9-14)25-13-17(19)23/h4-6,9,15H,3,7-8,10-13H2,1-2H3,(H2,19,23)(H,20,21). The van der Waals surface area contributed by atoms with Gasteiger partial charge in [0.15, 0.2) is 12.6 Å². The van der Waals surface area contributed by atoms with E-state index in [1.165, 1.54) is 0 Å². The van der Waals surface area contributed by atoms with Gasteiger partial charge >= 0.3 is 0 Å². The summed E-state index contributed by atoms with van der Waals surface area (Å²) in [6.07, 6.45) is 1.12. The van der Waals surface area contributed by atoms with Gasteiger partial charge in [0.1, 0.15) is 5.75 Å². The van der Waals surface area contributed by atoms with Crippen molar-refractivity contribution in [3.63, 3.8) is 0 Å². The predicted molar refractivity (Wildman–Crippen MR) is 97.5 cm³/mol. The minimum absolute atomic E-state index is 0.118. The van der Waals surface area contributed by atoms with Crippen LogP contribution in [-0.4, -0.2) is 56.7 Å². The van der Waals surface area contributed by atoms with Gasteiger partial charge in [0.05, 0.1) is 6.61 Å². The number of hydrogen-bond acceptors (Lipinski definition) is 4. The second kappa shape index (κ2) is 9.88. The predicted octanol–water partition coefficient (Wildman–Crippen LogP) is 0.985. The molecule has 138 valence electrons. The summed E-state index contributed by atoms with van der Waals surface area (Å²) in [7, 11) is 1.80. The smallest absolute Gasteiger partial charge is 0.255 e. The third-order valence-electron chi connectivity index (χ3n) is 4.09. The van der Waals surface area contributed by atoms with E-state index in [4.69, 9.17) is 15.2 Å². The molecule has 1 aromatic rings. The number of carbonyl (C=O) groups is 1. The highest BCUT2D eigenvalue weighted by Gasteiger charge is 2.24. The van der Waals surface area contributed by atoms with Crippen molar-refractivity contribution < 1.29 is 14.3 Å². The maximum Gasteiger partial charge on any atom is 0.255 e. The molecule has 1 aliphatic heterocycles. The van der Waals surface area contributed by atoms with Crippen molar-refractivity contribution in [3.8, 4) is 5.75 Å². The first-order valence-corrected chi connectivity index (χ1v) is 8.65. The van der Waals surface area contributed by atoms with E-state index in [1.54, 1.807) is 13.1 Å². The molecule has 1 saturated heterocycles. The molecular formula is C18H28N4O3. The van der Waals surface area contributed by atoms with Crippen molar-refractivity contribution in [2.75, 3.05) is 40.0 Å². The molecule has 1 amide bonds. The number of rotatable bonds is 8. The molecule has 1 aromatic carbocycles. The largest absolute Gasteiger partial charge is 0.484 e. The van der Waals surface area contributed by atoms with Gasteiger partial charge in [-0.25, -0.2) is 0 Å². The molecule has 0 spiro atoms. The monoisotopic (exact) mass is 348 g/mol. The Morgan fingerprint density at radius 1 is 1.48 bits per heavy atom. The normalized spacial score (nSPS) is 17.6. The highest BCUT2D eigenvalue weighted by Crippen LogP contribution is 2.17. The first-order chi connectivity index (χ1) is 12.1. The highest BCUT2D eigenvalue weighted by atomic mass is 16.5. The fourth-order valence-electron chi connectivity index (χ4n) is 2.86. The van der Waals surface area contributed by atoms with Crippen LogP contribution in [0.4, 0.5) is 0 Å². The van der Waals surface area contributed by atoms with E-state index in [9.17, 15) is 4.79 Å². The number of nitrogens with one attached hydrogen (secondary N) is 1. The van der Waals surface area contributed by atoms with E-state index in [2.05, 4.69) is 15.2 Å². The van der Waals surface area contributed by atoms with E-state index in [1.807, 2.05) is 25.1 Å². The maximum absolute atomic E-state index is 10.8. The van der Waals surface area contributed by atoms with Crippen molar-refractivity contribution >= 4 is 11.9 Å². The second-order valence-electron chi connectivity index (χ2n) is 6.06. The minimum Gasteiger partial charge on any atom is -0.484 e. The molecule has 0 radical (unpaired) electrons. The van der Waals surface area contributed by atoms with Crippen LogP contribution in [0.15, 0.2) is 29.3 Å². The summed E-state index contributed by atoms with van der Waals surface area (Å²) < 4.78 is 10.9. The van der Waals surface area contributed by atoms with Crippen molar-refractivity contribution in [3.05, 3.63) is 29.8 Å². The van der Waals surface area contributed by atoms with Crippen LogP contribution >= 0.6 is 0 Å². The highest BCUT2D eigenvalue weighted by molar-refractivity contribution is 5.80. The van der Waals surface area contributed by atoms with Crippen LogP contribution in [0.1, 0.15) is 18.9 Å². The molecule has 0 bridgehead atoms. The number of aliphatic imine (C=N–C) groups is 1. The lowest BCUT2D eigenvalue weighted by molar-refractivity contribution is -0.119. The third kappa shape index (κ3) is 6.26. The fraction of sp³-hybridized carbons (Fsp3) is 0.556. The van der Waals surface area contributed by atoms with Crippen LogP contribution in [0.2, 0.25) is 0 Å². The van der Waals surface area contributed by atoms with Crippen molar-refractivity contribution in [1.29, 1.82) is 0 Å². The van der Waals surface area contributed by atoms with E-state index in [0.717, 1.165) is 44.2 Å². The van der Waals surface area contributed by atoms with Gasteiger partial charge in [-0.15, -0.1) is 0 Å². The summed E-state index contributed by atoms with van der Waals surface area (Å²) in [5.74, 6) is 1.59. The minimum atomic E-state index is -0.487. The Hall–Kier alpha value is -2.28. The Balaban J connectivity index is 1.85. The van der Waals surface area contributed by atoms with Gasteiger partial charge in [0, 0.05) is 39.2 Å². The van der Waals surface area contributed by atoms with Gasteiger partial charge < -0.3 is 25.4 Å². The molecule has 7 nitrogen and oxygen atoms in total. The summed E-state index contributed by atoms with van der Waals surface area (Å²) in [4.78, 5) is 17.4. The average Bonchev–Trinajstić information content (AvgIpc) is 3.08. The molecule has 0 saturated carbocycles. The molecule has 25 heavy (non-hydrogen) atoms. The maximum atomic E-state index is 10.8. The van der Waals surface area contributed by atoms with Gasteiger partial charge in [-0.2, -0.15) is 0 Å². The number of likely N-dealkylation sites (tertiary alicyclic amines) is 1. The number of benzene rings is 1. The first kappa shape index (κ1) is 19.1. The van der Waals surface area contributed by atoms with E-state index >= 15 is 0 Å². The number of primary amides is 1. The van der Waals surface area contributed by atoms with E-state index < -0.39 is 5.91 Å². The lowest BCUT2D eigenvalue weighted by atomic mass is 10.1. The quantitative estimate of drug-likeness (QED) is 0.540. The average molecular weight is 348 g/mol. The molecule has 1 aliphatic rings. The molecular weight excluding hydrogens is 320 g/mol. The zero-order chi connectivity index (χ0) is 18.1. The Morgan fingerprint density at radius 2 is 2.32 bits per heavy atom. The molecule has 1 atom stereocenters. The zero-order valence-electron chi connectivity index (χ0n) is 15.0. The first-order valence-electron chi connectivity index (χ1n) is 8.65. The Labute approximate surface area is 149 Å². The number of carbonyl (C=O) groups excluding carboxylic acids is 1. The van der Waals surface area contributed by atoms with E-state index in [-0.39, 0.29) is 6.61 Å². The van der Waals surface area contributed by atoms with Crippen molar-refractivity contribution in [2.45, 2.75) is 19.9 Å². The van der Waals surface area contributed by atoms with Crippen LogP contribution in [0.3, 0.4) is 0 Å². The molecule has 0 aliphatic carbocycles. The molecule has 1 unspecified atom stereocenters. The van der Waals surface area contributed by atoms with E-state index in [0.29, 0.717) is 18.2 Å². The van der Waals surface area contributed by atoms with Crippen LogP contribution in [0.5, 0.6) is 5.75 Å². The van der Waals surface area contributed by atoms with Crippen molar-refractivity contribution in [1.82, 2.24) is 10.2 Å². The number of amides is 1. The SMILES string of the molecule is CCOCC1CCN(C(=NC)NCc2cccc(OCC(N)=O)c2)C1. The summed E-state index contributed by atoms with van der Waals surface area (Å²) in [5.41, 5.74) is 6.15. The van der Waals surface area contributed by atoms with Gasteiger partial charge in [-0.3, -0.25) is 9.79 Å². The molecule has 2 rings (SSSR count). The van der Waals surface area contributed by atoms with Gasteiger partial charge in [0.25, 0.3) is 5.91 Å². The zero-order valence-corrected chi connectivity index (χ0v) is 15.0. The van der Waals surface area contributed by atoms with Crippen LogP contribution in [-0.2, 0) is 16.1 Å².